The first-order chi connectivity index (χ1) is 9.11. The molecule has 0 heterocycles. The summed E-state index contributed by atoms with van der Waals surface area (Å²) in [6.45, 7) is 4.24. The van der Waals surface area contributed by atoms with Crippen molar-refractivity contribution < 1.29 is 9.90 Å². The van der Waals surface area contributed by atoms with Gasteiger partial charge in [-0.15, -0.1) is 6.58 Å². The maximum Gasteiger partial charge on any atom is 0.254 e. The van der Waals surface area contributed by atoms with Crippen LogP contribution < -0.4 is 0 Å². The SMILES string of the molecule is C=CCN(C(=O)c1cc(O)cc(Cl)c1)C1CCCC1. The first-order valence-electron chi connectivity index (χ1n) is 6.53. The number of phenols is 1. The molecule has 3 nitrogen and oxygen atoms in total. The zero-order chi connectivity index (χ0) is 13.8. The van der Waals surface area contributed by atoms with Crippen LogP contribution in [0.15, 0.2) is 30.9 Å². The van der Waals surface area contributed by atoms with Crippen LogP contribution in [0.1, 0.15) is 36.0 Å². The summed E-state index contributed by atoms with van der Waals surface area (Å²) in [7, 11) is 0. The third kappa shape index (κ3) is 3.29. The predicted octanol–water partition coefficient (Wildman–Crippen LogP) is 3.62. The molecule has 0 saturated heterocycles. The number of hydrogen-bond donors (Lipinski definition) is 1. The lowest BCUT2D eigenvalue weighted by Crippen LogP contribution is -2.38. The van der Waals surface area contributed by atoms with E-state index < -0.39 is 0 Å². The van der Waals surface area contributed by atoms with E-state index in [0.717, 1.165) is 25.7 Å². The second-order valence-corrected chi connectivity index (χ2v) is 5.32. The first kappa shape index (κ1) is 13.9. The van der Waals surface area contributed by atoms with Crippen molar-refractivity contribution in [1.29, 1.82) is 0 Å². The standard InChI is InChI=1S/C15H18ClNO2/c1-2-7-17(13-5-3-4-6-13)15(19)11-8-12(16)10-14(18)9-11/h2,8-10,13,18H,1,3-7H2. The number of rotatable bonds is 4. The zero-order valence-electron chi connectivity index (χ0n) is 10.8. The molecule has 0 aliphatic heterocycles. The Labute approximate surface area is 118 Å². The van der Waals surface area contributed by atoms with Gasteiger partial charge in [0.15, 0.2) is 0 Å². The van der Waals surface area contributed by atoms with Crippen LogP contribution in [0.25, 0.3) is 0 Å². The predicted molar refractivity (Wildman–Crippen MR) is 76.6 cm³/mol. The molecule has 1 aliphatic carbocycles. The van der Waals surface area contributed by atoms with E-state index in [9.17, 15) is 9.90 Å². The summed E-state index contributed by atoms with van der Waals surface area (Å²) in [6.07, 6.45) is 6.12. The Morgan fingerprint density at radius 1 is 1.42 bits per heavy atom. The van der Waals surface area contributed by atoms with Crippen LogP contribution in [0.5, 0.6) is 5.75 Å². The van der Waals surface area contributed by atoms with E-state index in [0.29, 0.717) is 17.1 Å². The van der Waals surface area contributed by atoms with E-state index in [4.69, 9.17) is 11.6 Å². The molecule has 1 saturated carbocycles. The van der Waals surface area contributed by atoms with Gasteiger partial charge in [-0.05, 0) is 31.0 Å². The number of aromatic hydroxyl groups is 1. The number of phenolic OH excluding ortho intramolecular Hbond substituents is 1. The van der Waals surface area contributed by atoms with Gasteiger partial charge in [-0.1, -0.05) is 30.5 Å². The molecule has 1 N–H and O–H groups in total. The number of carbonyl (C=O) groups excluding carboxylic acids is 1. The van der Waals surface area contributed by atoms with Crippen molar-refractivity contribution in [2.24, 2.45) is 0 Å². The highest BCUT2D eigenvalue weighted by Crippen LogP contribution is 2.27. The Morgan fingerprint density at radius 2 is 2.11 bits per heavy atom. The summed E-state index contributed by atoms with van der Waals surface area (Å²) in [5, 5.41) is 9.91. The molecule has 0 unspecified atom stereocenters. The van der Waals surface area contributed by atoms with Crippen LogP contribution in [0, 0.1) is 0 Å². The van der Waals surface area contributed by atoms with E-state index in [1.165, 1.54) is 12.1 Å². The van der Waals surface area contributed by atoms with E-state index in [2.05, 4.69) is 6.58 Å². The topological polar surface area (TPSA) is 40.5 Å². The van der Waals surface area contributed by atoms with Crippen molar-refractivity contribution in [1.82, 2.24) is 4.90 Å². The molecule has 19 heavy (non-hydrogen) atoms. The molecule has 2 rings (SSSR count). The number of carbonyl (C=O) groups is 1. The number of nitrogens with zero attached hydrogens (tertiary/aromatic N) is 1. The van der Waals surface area contributed by atoms with Crippen molar-refractivity contribution in [3.8, 4) is 5.75 Å². The average molecular weight is 280 g/mol. The minimum absolute atomic E-state index is 0.0147. The van der Waals surface area contributed by atoms with Crippen LogP contribution >= 0.6 is 11.6 Å². The smallest absolute Gasteiger partial charge is 0.254 e. The number of halogens is 1. The molecular weight excluding hydrogens is 262 g/mol. The zero-order valence-corrected chi connectivity index (χ0v) is 11.6. The Morgan fingerprint density at radius 3 is 2.68 bits per heavy atom. The lowest BCUT2D eigenvalue weighted by Gasteiger charge is -2.28. The Kier molecular flexibility index (Phi) is 4.48. The monoisotopic (exact) mass is 279 g/mol. The van der Waals surface area contributed by atoms with Crippen molar-refractivity contribution in [2.75, 3.05) is 6.54 Å². The fourth-order valence-electron chi connectivity index (χ4n) is 2.62. The molecule has 1 amide bonds. The van der Waals surface area contributed by atoms with Crippen molar-refractivity contribution >= 4 is 17.5 Å². The maximum absolute atomic E-state index is 12.5. The maximum atomic E-state index is 12.5. The summed E-state index contributed by atoms with van der Waals surface area (Å²) in [5.74, 6) is -0.0783. The molecular formula is C15H18ClNO2. The lowest BCUT2D eigenvalue weighted by atomic mass is 10.1. The molecule has 1 fully saturated rings. The third-order valence-electron chi connectivity index (χ3n) is 3.48. The molecule has 0 spiro atoms. The molecule has 4 heteroatoms. The van der Waals surface area contributed by atoms with E-state index in [1.54, 1.807) is 12.1 Å². The molecule has 1 aliphatic rings. The van der Waals surface area contributed by atoms with Crippen molar-refractivity contribution in [3.63, 3.8) is 0 Å². The highest BCUT2D eigenvalue weighted by Gasteiger charge is 2.26. The summed E-state index contributed by atoms with van der Waals surface area (Å²) in [4.78, 5) is 14.4. The minimum Gasteiger partial charge on any atom is -0.508 e. The van der Waals surface area contributed by atoms with Crippen LogP contribution in [-0.2, 0) is 0 Å². The fourth-order valence-corrected chi connectivity index (χ4v) is 2.85. The van der Waals surface area contributed by atoms with Gasteiger partial charge in [0.2, 0.25) is 0 Å². The van der Waals surface area contributed by atoms with Gasteiger partial charge >= 0.3 is 0 Å². The lowest BCUT2D eigenvalue weighted by molar-refractivity contribution is 0.0706. The summed E-state index contributed by atoms with van der Waals surface area (Å²) in [6, 6.07) is 4.74. The van der Waals surface area contributed by atoms with Gasteiger partial charge < -0.3 is 10.0 Å². The largest absolute Gasteiger partial charge is 0.508 e. The molecule has 102 valence electrons. The second-order valence-electron chi connectivity index (χ2n) is 4.88. The molecule has 0 radical (unpaired) electrons. The van der Waals surface area contributed by atoms with Gasteiger partial charge in [0.05, 0.1) is 0 Å². The highest BCUT2D eigenvalue weighted by molar-refractivity contribution is 6.31. The van der Waals surface area contributed by atoms with Gasteiger partial charge in [0.25, 0.3) is 5.91 Å². The summed E-state index contributed by atoms with van der Waals surface area (Å²) >= 11 is 5.88. The number of amides is 1. The van der Waals surface area contributed by atoms with Crippen LogP contribution in [0.2, 0.25) is 5.02 Å². The normalized spacial score (nSPS) is 15.4. The molecule has 0 atom stereocenters. The van der Waals surface area contributed by atoms with Crippen molar-refractivity contribution in [3.05, 3.63) is 41.4 Å². The molecule has 1 aromatic carbocycles. The van der Waals surface area contributed by atoms with Gasteiger partial charge in [0.1, 0.15) is 5.75 Å². The third-order valence-corrected chi connectivity index (χ3v) is 3.70. The molecule has 1 aromatic rings. The van der Waals surface area contributed by atoms with E-state index >= 15 is 0 Å². The van der Waals surface area contributed by atoms with Crippen LogP contribution in [0.4, 0.5) is 0 Å². The Bertz CT molecular complexity index is 461. The Balaban J connectivity index is 2.24. The summed E-state index contributed by atoms with van der Waals surface area (Å²) < 4.78 is 0. The van der Waals surface area contributed by atoms with Crippen LogP contribution in [0.3, 0.4) is 0 Å². The Hall–Kier alpha value is -1.48. The van der Waals surface area contributed by atoms with Gasteiger partial charge in [0, 0.05) is 23.2 Å². The van der Waals surface area contributed by atoms with Gasteiger partial charge in [-0.25, -0.2) is 0 Å². The highest BCUT2D eigenvalue weighted by atomic mass is 35.5. The number of benzene rings is 1. The fraction of sp³-hybridized carbons (Fsp3) is 0.400. The van der Waals surface area contributed by atoms with Crippen LogP contribution in [-0.4, -0.2) is 28.5 Å². The van der Waals surface area contributed by atoms with E-state index in [1.807, 2.05) is 4.90 Å². The molecule has 0 aromatic heterocycles. The van der Waals surface area contributed by atoms with E-state index in [-0.39, 0.29) is 17.7 Å². The van der Waals surface area contributed by atoms with Gasteiger partial charge in [-0.2, -0.15) is 0 Å². The van der Waals surface area contributed by atoms with Gasteiger partial charge in [-0.3, -0.25) is 4.79 Å². The minimum atomic E-state index is -0.0930. The molecule has 0 bridgehead atoms. The number of hydrogen-bond acceptors (Lipinski definition) is 2. The first-order valence-corrected chi connectivity index (χ1v) is 6.91. The average Bonchev–Trinajstić information content (AvgIpc) is 2.87. The van der Waals surface area contributed by atoms with Crippen molar-refractivity contribution in [2.45, 2.75) is 31.7 Å². The quantitative estimate of drug-likeness (QED) is 0.855. The summed E-state index contributed by atoms with van der Waals surface area (Å²) in [5.41, 5.74) is 0.429. The second kappa shape index (κ2) is 6.11.